The smallest absolute Gasteiger partial charge is 0.342 e. The first kappa shape index (κ1) is 20.5. The zero-order valence-electron chi connectivity index (χ0n) is 16.0. The molecular weight excluding hydrogens is 394 g/mol. The van der Waals surface area contributed by atoms with Gasteiger partial charge in [0.25, 0.3) is 0 Å². The third-order valence-corrected chi connectivity index (χ3v) is 5.21. The fraction of sp³-hybridized carbons (Fsp3) is 0.273. The van der Waals surface area contributed by atoms with Gasteiger partial charge in [-0.3, -0.25) is 0 Å². The van der Waals surface area contributed by atoms with Gasteiger partial charge < -0.3 is 9.84 Å². The molecule has 1 aromatic heterocycles. The lowest BCUT2D eigenvalue weighted by Gasteiger charge is -2.35. The summed E-state index contributed by atoms with van der Waals surface area (Å²) >= 11 is 7.19. The number of nitrogens with zero attached hydrogens (tertiary/aromatic N) is 1. The van der Waals surface area contributed by atoms with E-state index in [1.165, 1.54) is 11.3 Å². The van der Waals surface area contributed by atoms with Crippen molar-refractivity contribution in [1.82, 2.24) is 4.98 Å². The summed E-state index contributed by atoms with van der Waals surface area (Å²) in [4.78, 5) is 16.6. The minimum absolute atomic E-state index is 0.148. The van der Waals surface area contributed by atoms with Crippen LogP contribution in [0.2, 0.25) is 4.47 Å². The predicted molar refractivity (Wildman–Crippen MR) is 113 cm³/mol. The Morgan fingerprint density at radius 1 is 1.07 bits per heavy atom. The maximum Gasteiger partial charge on any atom is 0.342 e. The van der Waals surface area contributed by atoms with E-state index < -0.39 is 17.2 Å². The molecule has 0 aliphatic carbocycles. The number of halogens is 1. The van der Waals surface area contributed by atoms with Gasteiger partial charge in [0.15, 0.2) is 4.47 Å². The van der Waals surface area contributed by atoms with E-state index in [0.717, 1.165) is 16.7 Å². The lowest BCUT2D eigenvalue weighted by Crippen LogP contribution is -2.46. The summed E-state index contributed by atoms with van der Waals surface area (Å²) in [5, 5.41) is 11.8. The van der Waals surface area contributed by atoms with Crippen LogP contribution in [0.5, 0.6) is 0 Å². The van der Waals surface area contributed by atoms with Crippen molar-refractivity contribution in [1.29, 1.82) is 0 Å². The van der Waals surface area contributed by atoms with E-state index in [9.17, 15) is 9.90 Å². The molecule has 6 heteroatoms. The first-order valence-corrected chi connectivity index (χ1v) is 10.1. The quantitative estimate of drug-likeness (QED) is 0.552. The molecule has 3 aromatic rings. The molecule has 1 unspecified atom stereocenters. The largest absolute Gasteiger partial charge is 0.479 e. The number of carbonyl (C=O) groups is 1. The second-order valence-corrected chi connectivity index (χ2v) is 9.01. The van der Waals surface area contributed by atoms with E-state index in [4.69, 9.17) is 16.3 Å². The summed E-state index contributed by atoms with van der Waals surface area (Å²) < 4.78 is 6.38. The molecule has 0 aliphatic rings. The van der Waals surface area contributed by atoms with E-state index in [2.05, 4.69) is 4.98 Å². The number of thiazole rings is 1. The Hall–Kier alpha value is -2.21. The van der Waals surface area contributed by atoms with E-state index in [0.29, 0.717) is 5.69 Å². The standard InChI is InChI=1S/C22H22ClNO3S/c1-21(2,3)27-22(19(25)26,18-14-28-20(23)24-18)13-15-9-11-17(12-10-15)16-7-5-4-6-8-16/h4-12,14H,13H2,1-3H3,(H,25,26). The average molecular weight is 416 g/mol. The molecule has 1 heterocycles. The third-order valence-electron chi connectivity index (χ3n) is 4.23. The molecule has 3 rings (SSSR count). The van der Waals surface area contributed by atoms with Crippen molar-refractivity contribution in [3.05, 3.63) is 75.7 Å². The number of aromatic nitrogens is 1. The number of benzene rings is 2. The maximum atomic E-state index is 12.4. The molecule has 0 fully saturated rings. The highest BCUT2D eigenvalue weighted by Crippen LogP contribution is 2.36. The Balaban J connectivity index is 1.98. The summed E-state index contributed by atoms with van der Waals surface area (Å²) in [5.41, 5.74) is 1.04. The van der Waals surface area contributed by atoms with Crippen molar-refractivity contribution in [2.45, 2.75) is 38.4 Å². The van der Waals surface area contributed by atoms with Gasteiger partial charge in [0, 0.05) is 11.8 Å². The van der Waals surface area contributed by atoms with Gasteiger partial charge in [0.2, 0.25) is 5.60 Å². The molecule has 0 radical (unpaired) electrons. The molecule has 0 spiro atoms. The number of carboxylic acid groups (broad SMARTS) is 1. The van der Waals surface area contributed by atoms with E-state index >= 15 is 0 Å². The first-order chi connectivity index (χ1) is 13.2. The van der Waals surface area contributed by atoms with Gasteiger partial charge in [0.05, 0.1) is 11.3 Å². The van der Waals surface area contributed by atoms with Gasteiger partial charge in [0.1, 0.15) is 0 Å². The van der Waals surface area contributed by atoms with E-state index in [1.807, 2.05) is 75.4 Å². The van der Waals surface area contributed by atoms with Crippen molar-refractivity contribution in [2.24, 2.45) is 0 Å². The van der Waals surface area contributed by atoms with Crippen LogP contribution in [0.25, 0.3) is 11.1 Å². The monoisotopic (exact) mass is 415 g/mol. The fourth-order valence-corrected chi connectivity index (χ4v) is 3.93. The summed E-state index contributed by atoms with van der Waals surface area (Å²) in [6.45, 7) is 5.49. The van der Waals surface area contributed by atoms with Gasteiger partial charge in [-0.05, 0) is 37.5 Å². The van der Waals surface area contributed by atoms with Crippen LogP contribution in [-0.2, 0) is 21.6 Å². The number of hydrogen-bond acceptors (Lipinski definition) is 4. The van der Waals surface area contributed by atoms with Gasteiger partial charge in [-0.2, -0.15) is 0 Å². The fourth-order valence-electron chi connectivity index (χ4n) is 3.10. The van der Waals surface area contributed by atoms with E-state index in [1.54, 1.807) is 5.38 Å². The molecular formula is C22H22ClNO3S. The van der Waals surface area contributed by atoms with Crippen LogP contribution in [0.1, 0.15) is 32.0 Å². The first-order valence-electron chi connectivity index (χ1n) is 8.89. The SMILES string of the molecule is CC(C)(C)OC(Cc1ccc(-c2ccccc2)cc1)(C(=O)O)c1csc(Cl)n1. The van der Waals surface area contributed by atoms with Crippen LogP contribution in [0.15, 0.2) is 60.0 Å². The van der Waals surface area contributed by atoms with Gasteiger partial charge in [-0.25, -0.2) is 9.78 Å². The Morgan fingerprint density at radius 3 is 2.18 bits per heavy atom. The molecule has 1 N–H and O–H groups in total. The van der Waals surface area contributed by atoms with E-state index in [-0.39, 0.29) is 10.9 Å². The van der Waals surface area contributed by atoms with Crippen LogP contribution < -0.4 is 0 Å². The Bertz CT molecular complexity index is 948. The highest BCUT2D eigenvalue weighted by atomic mass is 35.5. The predicted octanol–water partition coefficient (Wildman–Crippen LogP) is 5.80. The highest BCUT2D eigenvalue weighted by Gasteiger charge is 2.47. The molecule has 2 aromatic carbocycles. The maximum absolute atomic E-state index is 12.4. The van der Waals surface area contributed by atoms with Gasteiger partial charge >= 0.3 is 5.97 Å². The molecule has 0 aliphatic heterocycles. The Labute approximate surface area is 173 Å². The van der Waals surface area contributed by atoms with Crippen molar-refractivity contribution in [2.75, 3.05) is 0 Å². The lowest BCUT2D eigenvalue weighted by atomic mass is 9.89. The minimum Gasteiger partial charge on any atom is -0.479 e. The topological polar surface area (TPSA) is 59.4 Å². The number of carboxylic acids is 1. The minimum atomic E-state index is -1.61. The summed E-state index contributed by atoms with van der Waals surface area (Å²) in [6.07, 6.45) is 0.148. The van der Waals surface area contributed by atoms with Crippen LogP contribution >= 0.6 is 22.9 Å². The zero-order valence-corrected chi connectivity index (χ0v) is 17.6. The van der Waals surface area contributed by atoms with Crippen molar-refractivity contribution < 1.29 is 14.6 Å². The van der Waals surface area contributed by atoms with Crippen LogP contribution in [-0.4, -0.2) is 21.7 Å². The number of ether oxygens (including phenoxy) is 1. The lowest BCUT2D eigenvalue weighted by molar-refractivity contribution is -0.188. The normalized spacial score (nSPS) is 13.9. The molecule has 0 bridgehead atoms. The number of hydrogen-bond donors (Lipinski definition) is 1. The van der Waals surface area contributed by atoms with Gasteiger partial charge in [-0.1, -0.05) is 66.2 Å². The summed E-state index contributed by atoms with van der Waals surface area (Å²) in [7, 11) is 0. The highest BCUT2D eigenvalue weighted by molar-refractivity contribution is 7.14. The molecule has 1 atom stereocenters. The average Bonchev–Trinajstić information content (AvgIpc) is 3.08. The Morgan fingerprint density at radius 2 is 1.68 bits per heavy atom. The number of aliphatic carboxylic acids is 1. The second-order valence-electron chi connectivity index (χ2n) is 7.57. The molecule has 0 saturated carbocycles. The third kappa shape index (κ3) is 4.61. The van der Waals surface area contributed by atoms with Crippen LogP contribution in [0, 0.1) is 0 Å². The molecule has 146 valence electrons. The molecule has 0 amide bonds. The number of rotatable bonds is 6. The molecule has 0 saturated heterocycles. The second kappa shape index (κ2) is 8.03. The summed E-state index contributed by atoms with van der Waals surface area (Å²) in [6, 6.07) is 17.9. The van der Waals surface area contributed by atoms with Crippen molar-refractivity contribution in [3.8, 4) is 11.1 Å². The van der Waals surface area contributed by atoms with Crippen LogP contribution in [0.3, 0.4) is 0 Å². The van der Waals surface area contributed by atoms with Crippen molar-refractivity contribution in [3.63, 3.8) is 0 Å². The summed E-state index contributed by atoms with van der Waals surface area (Å²) in [5.74, 6) is -1.09. The zero-order chi connectivity index (χ0) is 20.4. The van der Waals surface area contributed by atoms with Gasteiger partial charge in [-0.15, -0.1) is 11.3 Å². The van der Waals surface area contributed by atoms with Crippen LogP contribution in [0.4, 0.5) is 0 Å². The molecule has 28 heavy (non-hydrogen) atoms. The van der Waals surface area contributed by atoms with Crippen molar-refractivity contribution >= 4 is 28.9 Å². The molecule has 4 nitrogen and oxygen atoms in total. The Kier molecular flexibility index (Phi) is 5.89.